The number of carboxylic acid groups (broad SMARTS) is 1. The van der Waals surface area contributed by atoms with Crippen molar-refractivity contribution in [3.8, 4) is 0 Å². The lowest BCUT2D eigenvalue weighted by Gasteiger charge is -2.25. The maximum Gasteiger partial charge on any atom is 0.342 e. The topological polar surface area (TPSA) is 104 Å². The van der Waals surface area contributed by atoms with Crippen molar-refractivity contribution in [1.29, 1.82) is 0 Å². The summed E-state index contributed by atoms with van der Waals surface area (Å²) in [7, 11) is -4.70. The van der Waals surface area contributed by atoms with Crippen LogP contribution >= 0.6 is 0 Å². The molecule has 0 bridgehead atoms. The Morgan fingerprint density at radius 1 is 1.39 bits per heavy atom. The Kier molecular flexibility index (Phi) is 6.80. The first-order chi connectivity index (χ1) is 8.19. The van der Waals surface area contributed by atoms with E-state index in [-0.39, 0.29) is 12.5 Å². The highest BCUT2D eigenvalue weighted by molar-refractivity contribution is 7.88. The summed E-state index contributed by atoms with van der Waals surface area (Å²) in [6.45, 7) is 5.23. The van der Waals surface area contributed by atoms with Crippen molar-refractivity contribution in [2.24, 2.45) is 5.92 Å². The fourth-order valence-electron chi connectivity index (χ4n) is 1.56. The van der Waals surface area contributed by atoms with E-state index in [0.29, 0.717) is 0 Å². The number of carboxylic acids is 1. The van der Waals surface area contributed by atoms with E-state index in [9.17, 15) is 13.2 Å². The van der Waals surface area contributed by atoms with Crippen molar-refractivity contribution in [3.63, 3.8) is 0 Å². The van der Waals surface area contributed by atoms with Crippen LogP contribution in [-0.4, -0.2) is 35.5 Å². The fraction of sp³-hybridized carbons (Fsp3) is 0.909. The highest BCUT2D eigenvalue weighted by Crippen LogP contribution is 2.16. The molecule has 0 rings (SSSR count). The normalized spacial score (nSPS) is 17.1. The Bertz CT molecular complexity index is 368. The average Bonchev–Trinajstić information content (AvgIpc) is 2.27. The minimum Gasteiger partial charge on any atom is -0.479 e. The molecule has 3 N–H and O–H groups in total. The van der Waals surface area contributed by atoms with Gasteiger partial charge in [-0.15, -0.1) is 0 Å². The van der Waals surface area contributed by atoms with Crippen LogP contribution in [0.3, 0.4) is 0 Å². The zero-order valence-corrected chi connectivity index (χ0v) is 12.0. The molecule has 0 amide bonds. The minimum absolute atomic E-state index is 0.199. The van der Waals surface area contributed by atoms with E-state index < -0.39 is 21.0 Å². The highest BCUT2D eigenvalue weighted by Gasteiger charge is 2.45. The molecule has 7 heteroatoms. The number of aliphatic carboxylic acids is 1. The first kappa shape index (κ1) is 17.3. The van der Waals surface area contributed by atoms with E-state index in [1.807, 2.05) is 6.92 Å². The van der Waals surface area contributed by atoms with E-state index in [2.05, 4.69) is 12.2 Å². The fourth-order valence-corrected chi connectivity index (χ4v) is 2.05. The summed E-state index contributed by atoms with van der Waals surface area (Å²) in [6, 6.07) is 0. The second-order valence-electron chi connectivity index (χ2n) is 4.61. The van der Waals surface area contributed by atoms with E-state index in [4.69, 9.17) is 9.66 Å². The largest absolute Gasteiger partial charge is 0.479 e. The zero-order chi connectivity index (χ0) is 14.4. The Hall–Kier alpha value is -0.660. The maximum absolute atomic E-state index is 11.1. The summed E-state index contributed by atoms with van der Waals surface area (Å²) in [6.07, 6.45) is 3.77. The molecule has 6 nitrogen and oxygen atoms in total. The Balaban J connectivity index is 4.68. The standard InChI is InChI=1S/C11H23NO5S/c1-4-6-7-9(5-2)8-12-11(3,10(13)14)18(15,16)17/h9,12H,4-8H2,1-3H3,(H,13,14)(H,15,16,17). The van der Waals surface area contributed by atoms with Gasteiger partial charge in [0.1, 0.15) is 0 Å². The third-order valence-electron chi connectivity index (χ3n) is 3.20. The van der Waals surface area contributed by atoms with Gasteiger partial charge in [-0.25, -0.2) is 4.79 Å². The van der Waals surface area contributed by atoms with Crippen LogP contribution in [0.25, 0.3) is 0 Å². The SMILES string of the molecule is CCCCC(CC)CNC(C)(C(=O)O)S(=O)(=O)O. The van der Waals surface area contributed by atoms with Crippen LogP contribution < -0.4 is 5.32 Å². The van der Waals surface area contributed by atoms with E-state index in [1.54, 1.807) is 0 Å². The number of carbonyl (C=O) groups is 1. The van der Waals surface area contributed by atoms with Gasteiger partial charge in [0.05, 0.1) is 0 Å². The molecule has 0 aromatic carbocycles. The van der Waals surface area contributed by atoms with Gasteiger partial charge in [0, 0.05) is 6.54 Å². The predicted molar refractivity (Wildman–Crippen MR) is 68.9 cm³/mol. The molecule has 2 atom stereocenters. The van der Waals surface area contributed by atoms with E-state index >= 15 is 0 Å². The van der Waals surface area contributed by atoms with Crippen molar-refractivity contribution in [2.45, 2.75) is 51.3 Å². The molecule has 0 aromatic heterocycles. The minimum atomic E-state index is -4.70. The van der Waals surface area contributed by atoms with Gasteiger partial charge in [0.15, 0.2) is 0 Å². The van der Waals surface area contributed by atoms with Crippen LogP contribution in [0.4, 0.5) is 0 Å². The third-order valence-corrected chi connectivity index (χ3v) is 4.55. The van der Waals surface area contributed by atoms with Gasteiger partial charge in [-0.05, 0) is 19.3 Å². The molecule has 0 saturated carbocycles. The molecular formula is C11H23NO5S. The summed E-state index contributed by atoms with van der Waals surface area (Å²) in [5, 5.41) is 11.4. The molecule has 18 heavy (non-hydrogen) atoms. The van der Waals surface area contributed by atoms with Crippen molar-refractivity contribution in [1.82, 2.24) is 5.32 Å². The summed E-state index contributed by atoms with van der Waals surface area (Å²) in [4.78, 5) is 8.64. The smallest absolute Gasteiger partial charge is 0.342 e. The third kappa shape index (κ3) is 4.55. The monoisotopic (exact) mass is 281 g/mol. The van der Waals surface area contributed by atoms with Crippen LogP contribution in [0.15, 0.2) is 0 Å². The lowest BCUT2D eigenvalue weighted by molar-refractivity contribution is -0.140. The molecule has 0 aliphatic carbocycles. The molecule has 0 radical (unpaired) electrons. The van der Waals surface area contributed by atoms with Crippen LogP contribution in [0.5, 0.6) is 0 Å². The molecule has 0 aliphatic heterocycles. The number of hydrogen-bond acceptors (Lipinski definition) is 4. The van der Waals surface area contributed by atoms with Gasteiger partial charge in [-0.2, -0.15) is 8.42 Å². The summed E-state index contributed by atoms with van der Waals surface area (Å²) in [5.41, 5.74) is 0. The van der Waals surface area contributed by atoms with Crippen molar-refractivity contribution in [2.75, 3.05) is 6.54 Å². The summed E-state index contributed by atoms with van der Waals surface area (Å²) < 4.78 is 31.2. The van der Waals surface area contributed by atoms with Crippen LogP contribution in [-0.2, 0) is 14.9 Å². The first-order valence-electron chi connectivity index (χ1n) is 6.14. The van der Waals surface area contributed by atoms with Crippen LogP contribution in [0.2, 0.25) is 0 Å². The highest BCUT2D eigenvalue weighted by atomic mass is 32.2. The molecule has 0 spiro atoms. The van der Waals surface area contributed by atoms with Gasteiger partial charge in [0.25, 0.3) is 10.1 Å². The predicted octanol–water partition coefficient (Wildman–Crippen LogP) is 1.48. The van der Waals surface area contributed by atoms with E-state index in [1.165, 1.54) is 0 Å². The molecule has 0 aliphatic rings. The van der Waals surface area contributed by atoms with Gasteiger partial charge >= 0.3 is 5.97 Å². The second kappa shape index (κ2) is 7.06. The number of unbranched alkanes of at least 4 members (excludes halogenated alkanes) is 1. The van der Waals surface area contributed by atoms with Gasteiger partial charge < -0.3 is 5.11 Å². The lowest BCUT2D eigenvalue weighted by atomic mass is 9.99. The Labute approximate surface area is 109 Å². The zero-order valence-electron chi connectivity index (χ0n) is 11.1. The molecule has 0 saturated heterocycles. The lowest BCUT2D eigenvalue weighted by Crippen LogP contribution is -2.56. The van der Waals surface area contributed by atoms with Crippen molar-refractivity contribution in [3.05, 3.63) is 0 Å². The van der Waals surface area contributed by atoms with Gasteiger partial charge in [-0.3, -0.25) is 9.87 Å². The number of rotatable bonds is 9. The maximum atomic E-state index is 11.1. The molecule has 0 fully saturated rings. The summed E-state index contributed by atoms with van der Waals surface area (Å²) in [5.74, 6) is -1.40. The van der Waals surface area contributed by atoms with Crippen LogP contribution in [0, 0.1) is 5.92 Å². The van der Waals surface area contributed by atoms with Gasteiger partial charge in [-0.1, -0.05) is 33.1 Å². The number of hydrogen-bond donors (Lipinski definition) is 3. The summed E-state index contributed by atoms with van der Waals surface area (Å²) >= 11 is 0. The Morgan fingerprint density at radius 3 is 2.28 bits per heavy atom. The molecule has 108 valence electrons. The number of nitrogens with one attached hydrogen (secondary N) is 1. The van der Waals surface area contributed by atoms with Crippen LogP contribution in [0.1, 0.15) is 46.5 Å². The first-order valence-corrected chi connectivity index (χ1v) is 7.58. The molecule has 0 heterocycles. The van der Waals surface area contributed by atoms with Crippen molar-refractivity contribution >= 4 is 16.1 Å². The quantitative estimate of drug-likeness (QED) is 0.553. The van der Waals surface area contributed by atoms with Crippen molar-refractivity contribution < 1.29 is 22.9 Å². The molecular weight excluding hydrogens is 258 g/mol. The molecule has 0 aromatic rings. The molecule has 2 unspecified atom stereocenters. The average molecular weight is 281 g/mol. The Morgan fingerprint density at radius 2 is 1.94 bits per heavy atom. The van der Waals surface area contributed by atoms with E-state index in [0.717, 1.165) is 32.6 Å². The second-order valence-corrected chi connectivity index (χ2v) is 6.38. The van der Waals surface area contributed by atoms with Gasteiger partial charge in [0.2, 0.25) is 4.87 Å².